The van der Waals surface area contributed by atoms with E-state index in [-0.39, 0.29) is 0 Å². The molecule has 3 unspecified atom stereocenters. The molecule has 0 spiro atoms. The Balaban J connectivity index is 1.71. The van der Waals surface area contributed by atoms with E-state index in [0.717, 1.165) is 17.8 Å². The van der Waals surface area contributed by atoms with E-state index in [9.17, 15) is 0 Å². The molecule has 1 aliphatic carbocycles. The van der Waals surface area contributed by atoms with Gasteiger partial charge in [-0.2, -0.15) is 0 Å². The molecule has 0 amide bonds. The van der Waals surface area contributed by atoms with Gasteiger partial charge in [-0.05, 0) is 55.7 Å². The summed E-state index contributed by atoms with van der Waals surface area (Å²) in [7, 11) is 0. The summed E-state index contributed by atoms with van der Waals surface area (Å²) in [6.45, 7) is 7.00. The van der Waals surface area contributed by atoms with Gasteiger partial charge in [-0.25, -0.2) is 0 Å². The van der Waals surface area contributed by atoms with Gasteiger partial charge in [-0.15, -0.1) is 0 Å². The molecule has 1 heteroatoms. The lowest BCUT2D eigenvalue weighted by Crippen LogP contribution is -2.18. The number of nitrogens with one attached hydrogen (secondary N) is 1. The van der Waals surface area contributed by atoms with Crippen LogP contribution in [-0.2, 0) is 0 Å². The van der Waals surface area contributed by atoms with Crippen LogP contribution in [-0.4, -0.2) is 13.1 Å². The number of hydrogen-bond acceptors (Lipinski definition) is 1. The van der Waals surface area contributed by atoms with Crippen LogP contribution in [0.25, 0.3) is 0 Å². The Hall–Kier alpha value is -0.820. The fraction of sp³-hybridized carbons (Fsp3) is 0.625. The van der Waals surface area contributed by atoms with Crippen LogP contribution in [0.4, 0.5) is 0 Å². The molecule has 0 aliphatic heterocycles. The van der Waals surface area contributed by atoms with Gasteiger partial charge in [0.2, 0.25) is 0 Å². The van der Waals surface area contributed by atoms with Crippen LogP contribution in [0.1, 0.15) is 44.6 Å². The van der Waals surface area contributed by atoms with E-state index in [1.54, 1.807) is 5.56 Å². The Morgan fingerprint density at radius 3 is 2.71 bits per heavy atom. The van der Waals surface area contributed by atoms with Gasteiger partial charge >= 0.3 is 0 Å². The number of benzene rings is 1. The maximum atomic E-state index is 3.50. The highest BCUT2D eigenvalue weighted by atomic mass is 14.8. The van der Waals surface area contributed by atoms with Gasteiger partial charge in [0.1, 0.15) is 0 Å². The van der Waals surface area contributed by atoms with Crippen molar-refractivity contribution < 1.29 is 0 Å². The maximum absolute atomic E-state index is 3.50. The van der Waals surface area contributed by atoms with E-state index in [1.807, 2.05) is 0 Å². The average molecular weight is 231 g/mol. The van der Waals surface area contributed by atoms with Gasteiger partial charge in [0.15, 0.2) is 0 Å². The molecule has 1 nitrogen and oxygen atoms in total. The molecule has 0 bridgehead atoms. The van der Waals surface area contributed by atoms with Crippen LogP contribution in [0.3, 0.4) is 0 Å². The SMILES string of the molecule is CCCNCCC(C)C1CC1c1ccccc1. The first-order valence-electron chi connectivity index (χ1n) is 7.08. The van der Waals surface area contributed by atoms with Crippen molar-refractivity contribution in [2.45, 2.75) is 39.0 Å². The molecule has 17 heavy (non-hydrogen) atoms. The number of rotatable bonds is 7. The minimum atomic E-state index is 0.845. The van der Waals surface area contributed by atoms with E-state index in [4.69, 9.17) is 0 Å². The van der Waals surface area contributed by atoms with Crippen molar-refractivity contribution in [3.8, 4) is 0 Å². The third-order valence-corrected chi connectivity index (χ3v) is 4.00. The minimum absolute atomic E-state index is 0.845. The first kappa shape index (κ1) is 12.6. The highest BCUT2D eigenvalue weighted by Gasteiger charge is 2.41. The lowest BCUT2D eigenvalue weighted by atomic mass is 9.98. The second kappa shape index (κ2) is 6.20. The van der Waals surface area contributed by atoms with Crippen LogP contribution in [0.15, 0.2) is 30.3 Å². The quantitative estimate of drug-likeness (QED) is 0.704. The minimum Gasteiger partial charge on any atom is -0.317 e. The van der Waals surface area contributed by atoms with E-state index in [1.165, 1.54) is 32.4 Å². The van der Waals surface area contributed by atoms with Gasteiger partial charge < -0.3 is 5.32 Å². The van der Waals surface area contributed by atoms with E-state index in [0.29, 0.717) is 0 Å². The largest absolute Gasteiger partial charge is 0.317 e. The Labute approximate surface area is 106 Å². The molecule has 2 rings (SSSR count). The van der Waals surface area contributed by atoms with Crippen molar-refractivity contribution in [3.05, 3.63) is 35.9 Å². The highest BCUT2D eigenvalue weighted by molar-refractivity contribution is 5.25. The molecule has 3 atom stereocenters. The summed E-state index contributed by atoms with van der Waals surface area (Å²) in [5, 5.41) is 3.50. The zero-order valence-electron chi connectivity index (χ0n) is 11.2. The summed E-state index contributed by atoms with van der Waals surface area (Å²) >= 11 is 0. The Kier molecular flexibility index (Phi) is 4.61. The molecule has 1 aromatic rings. The second-order valence-electron chi connectivity index (χ2n) is 5.43. The molecule has 0 saturated heterocycles. The fourth-order valence-electron chi connectivity index (χ4n) is 2.77. The Morgan fingerprint density at radius 2 is 2.00 bits per heavy atom. The molecular weight excluding hydrogens is 206 g/mol. The normalized spacial score (nSPS) is 24.6. The van der Waals surface area contributed by atoms with Crippen molar-refractivity contribution in [1.29, 1.82) is 0 Å². The summed E-state index contributed by atoms with van der Waals surface area (Å²) in [5.41, 5.74) is 1.55. The van der Waals surface area contributed by atoms with Crippen molar-refractivity contribution >= 4 is 0 Å². The standard InChI is InChI=1S/C16H25N/c1-3-10-17-11-9-13(2)15-12-16(15)14-7-5-4-6-8-14/h4-8,13,15-17H,3,9-12H2,1-2H3. The van der Waals surface area contributed by atoms with E-state index in [2.05, 4.69) is 49.5 Å². The predicted octanol–water partition coefficient (Wildman–Crippen LogP) is 3.82. The van der Waals surface area contributed by atoms with Gasteiger partial charge in [-0.1, -0.05) is 44.2 Å². The first-order valence-corrected chi connectivity index (χ1v) is 7.08. The summed E-state index contributed by atoms with van der Waals surface area (Å²) in [5.74, 6) is 2.64. The molecule has 1 aliphatic rings. The van der Waals surface area contributed by atoms with Crippen LogP contribution in [0, 0.1) is 11.8 Å². The zero-order chi connectivity index (χ0) is 12.1. The van der Waals surface area contributed by atoms with Gasteiger partial charge in [0.25, 0.3) is 0 Å². The predicted molar refractivity (Wildman–Crippen MR) is 74.2 cm³/mol. The topological polar surface area (TPSA) is 12.0 Å². The van der Waals surface area contributed by atoms with Gasteiger partial charge in [0.05, 0.1) is 0 Å². The fourth-order valence-corrected chi connectivity index (χ4v) is 2.77. The molecule has 94 valence electrons. The second-order valence-corrected chi connectivity index (χ2v) is 5.43. The molecule has 1 saturated carbocycles. The van der Waals surface area contributed by atoms with Crippen LogP contribution >= 0.6 is 0 Å². The molecule has 0 radical (unpaired) electrons. The number of hydrogen-bond donors (Lipinski definition) is 1. The van der Waals surface area contributed by atoms with Crippen molar-refractivity contribution in [2.24, 2.45) is 11.8 Å². The van der Waals surface area contributed by atoms with E-state index < -0.39 is 0 Å². The van der Waals surface area contributed by atoms with Crippen LogP contribution < -0.4 is 5.32 Å². The molecule has 0 heterocycles. The summed E-state index contributed by atoms with van der Waals surface area (Å²) in [6, 6.07) is 11.0. The smallest absolute Gasteiger partial charge is 0.00463 e. The lowest BCUT2D eigenvalue weighted by molar-refractivity contribution is 0.443. The maximum Gasteiger partial charge on any atom is -0.00463 e. The van der Waals surface area contributed by atoms with Crippen molar-refractivity contribution in [1.82, 2.24) is 5.32 Å². The third kappa shape index (κ3) is 3.57. The lowest BCUT2D eigenvalue weighted by Gasteiger charge is -2.11. The molecular formula is C16H25N. The van der Waals surface area contributed by atoms with Gasteiger partial charge in [0, 0.05) is 0 Å². The molecule has 1 N–H and O–H groups in total. The molecule has 1 fully saturated rings. The molecule has 0 aromatic heterocycles. The summed E-state index contributed by atoms with van der Waals surface area (Å²) in [6.07, 6.45) is 3.97. The Bertz CT molecular complexity index is 320. The summed E-state index contributed by atoms with van der Waals surface area (Å²) < 4.78 is 0. The van der Waals surface area contributed by atoms with Crippen LogP contribution in [0.2, 0.25) is 0 Å². The Morgan fingerprint density at radius 1 is 1.24 bits per heavy atom. The van der Waals surface area contributed by atoms with E-state index >= 15 is 0 Å². The average Bonchev–Trinajstić information content (AvgIpc) is 3.16. The summed E-state index contributed by atoms with van der Waals surface area (Å²) in [4.78, 5) is 0. The van der Waals surface area contributed by atoms with Crippen molar-refractivity contribution in [2.75, 3.05) is 13.1 Å². The monoisotopic (exact) mass is 231 g/mol. The van der Waals surface area contributed by atoms with Gasteiger partial charge in [-0.3, -0.25) is 0 Å². The zero-order valence-corrected chi connectivity index (χ0v) is 11.2. The highest BCUT2D eigenvalue weighted by Crippen LogP contribution is 2.52. The third-order valence-electron chi connectivity index (χ3n) is 4.00. The van der Waals surface area contributed by atoms with Crippen LogP contribution in [0.5, 0.6) is 0 Å². The first-order chi connectivity index (χ1) is 8.33. The molecule has 1 aromatic carbocycles. The van der Waals surface area contributed by atoms with Crippen molar-refractivity contribution in [3.63, 3.8) is 0 Å².